The van der Waals surface area contributed by atoms with Crippen LogP contribution in [-0.4, -0.2) is 30.3 Å². The predicted octanol–water partition coefficient (Wildman–Crippen LogP) is 1.37. The first kappa shape index (κ1) is 8.24. The van der Waals surface area contributed by atoms with E-state index in [0.29, 0.717) is 12.1 Å². The van der Waals surface area contributed by atoms with Gasteiger partial charge in [0.2, 0.25) is 0 Å². The Labute approximate surface area is 83.7 Å². The number of rotatable bonds is 1. The van der Waals surface area contributed by atoms with E-state index in [9.17, 15) is 0 Å². The second-order valence-corrected chi connectivity index (χ2v) is 4.16. The summed E-state index contributed by atoms with van der Waals surface area (Å²) >= 11 is 0. The average molecular weight is 190 g/mol. The Bertz CT molecular complexity index is 336. The lowest BCUT2D eigenvalue weighted by atomic mass is 10.2. The van der Waals surface area contributed by atoms with Crippen molar-refractivity contribution >= 4 is 5.69 Å². The lowest BCUT2D eigenvalue weighted by Gasteiger charge is -2.28. The van der Waals surface area contributed by atoms with Crippen LogP contribution in [0.1, 0.15) is 12.1 Å². The van der Waals surface area contributed by atoms with Crippen molar-refractivity contribution < 1.29 is 4.74 Å². The van der Waals surface area contributed by atoms with Crippen molar-refractivity contribution in [2.45, 2.75) is 25.5 Å². The van der Waals surface area contributed by atoms with E-state index in [-0.39, 0.29) is 0 Å². The minimum absolute atomic E-state index is 0.460. The second-order valence-electron chi connectivity index (χ2n) is 4.16. The smallest absolute Gasteiger partial charge is 0.0771 e. The summed E-state index contributed by atoms with van der Waals surface area (Å²) in [6, 6.07) is 4.81. The van der Waals surface area contributed by atoms with Gasteiger partial charge in [-0.05, 0) is 25.5 Å². The SMILES string of the molecule is Cc1ccc(N2C[C@H]3C[C@@H]2CO3)cn1. The highest BCUT2D eigenvalue weighted by atomic mass is 16.5. The third-order valence-electron chi connectivity index (χ3n) is 3.13. The molecule has 2 fully saturated rings. The number of anilines is 1. The van der Waals surface area contributed by atoms with Gasteiger partial charge in [-0.25, -0.2) is 0 Å². The van der Waals surface area contributed by atoms with Gasteiger partial charge in [-0.3, -0.25) is 4.98 Å². The molecule has 3 heteroatoms. The summed E-state index contributed by atoms with van der Waals surface area (Å²) in [6.07, 6.45) is 3.62. The van der Waals surface area contributed by atoms with Crippen LogP contribution in [0.15, 0.2) is 18.3 Å². The zero-order valence-electron chi connectivity index (χ0n) is 8.31. The maximum Gasteiger partial charge on any atom is 0.0771 e. The van der Waals surface area contributed by atoms with Crippen LogP contribution in [0.3, 0.4) is 0 Å². The van der Waals surface area contributed by atoms with Gasteiger partial charge in [0.15, 0.2) is 0 Å². The number of aromatic nitrogens is 1. The summed E-state index contributed by atoms with van der Waals surface area (Å²) in [7, 11) is 0. The molecule has 0 N–H and O–H groups in total. The average Bonchev–Trinajstić information content (AvgIpc) is 2.80. The van der Waals surface area contributed by atoms with Crippen molar-refractivity contribution in [1.29, 1.82) is 0 Å². The normalized spacial score (nSPS) is 29.9. The molecule has 0 aliphatic carbocycles. The number of morpholine rings is 1. The molecule has 74 valence electrons. The van der Waals surface area contributed by atoms with E-state index in [1.165, 1.54) is 12.1 Å². The molecule has 14 heavy (non-hydrogen) atoms. The summed E-state index contributed by atoms with van der Waals surface area (Å²) in [6.45, 7) is 3.94. The minimum atomic E-state index is 0.460. The number of aryl methyl sites for hydroxylation is 1. The molecule has 2 atom stereocenters. The maximum atomic E-state index is 5.57. The van der Waals surface area contributed by atoms with Crippen LogP contribution in [0.2, 0.25) is 0 Å². The molecular weight excluding hydrogens is 176 g/mol. The maximum absolute atomic E-state index is 5.57. The van der Waals surface area contributed by atoms with Crippen LogP contribution < -0.4 is 4.90 Å². The van der Waals surface area contributed by atoms with Crippen molar-refractivity contribution in [3.05, 3.63) is 24.0 Å². The Kier molecular flexibility index (Phi) is 1.74. The lowest BCUT2D eigenvalue weighted by molar-refractivity contribution is 0.0991. The molecule has 2 bridgehead atoms. The Morgan fingerprint density at radius 2 is 2.43 bits per heavy atom. The van der Waals surface area contributed by atoms with E-state index < -0.39 is 0 Å². The highest BCUT2D eigenvalue weighted by Crippen LogP contribution is 2.31. The largest absolute Gasteiger partial charge is 0.374 e. The molecule has 0 unspecified atom stereocenters. The van der Waals surface area contributed by atoms with Crippen molar-refractivity contribution in [2.75, 3.05) is 18.1 Å². The third kappa shape index (κ3) is 1.20. The van der Waals surface area contributed by atoms with Crippen LogP contribution in [0.25, 0.3) is 0 Å². The topological polar surface area (TPSA) is 25.4 Å². The summed E-state index contributed by atoms with van der Waals surface area (Å²) in [5.41, 5.74) is 2.32. The van der Waals surface area contributed by atoms with Crippen LogP contribution >= 0.6 is 0 Å². The molecule has 1 aromatic rings. The Balaban J connectivity index is 1.86. The van der Waals surface area contributed by atoms with Gasteiger partial charge >= 0.3 is 0 Å². The Morgan fingerprint density at radius 3 is 3.00 bits per heavy atom. The van der Waals surface area contributed by atoms with E-state index in [4.69, 9.17) is 4.74 Å². The molecule has 2 aliphatic rings. The lowest BCUT2D eigenvalue weighted by Crippen LogP contribution is -2.36. The van der Waals surface area contributed by atoms with Gasteiger partial charge in [-0.15, -0.1) is 0 Å². The third-order valence-corrected chi connectivity index (χ3v) is 3.13. The zero-order chi connectivity index (χ0) is 9.54. The number of ether oxygens (including phenoxy) is 1. The molecule has 2 saturated heterocycles. The summed E-state index contributed by atoms with van der Waals surface area (Å²) in [4.78, 5) is 6.74. The fraction of sp³-hybridized carbons (Fsp3) is 0.545. The number of pyridine rings is 1. The van der Waals surface area contributed by atoms with Gasteiger partial charge in [0.25, 0.3) is 0 Å². The second kappa shape index (κ2) is 2.95. The van der Waals surface area contributed by atoms with Gasteiger partial charge < -0.3 is 9.64 Å². The molecule has 0 aromatic carbocycles. The van der Waals surface area contributed by atoms with Gasteiger partial charge in [0, 0.05) is 12.2 Å². The van der Waals surface area contributed by atoms with E-state index >= 15 is 0 Å². The molecule has 0 radical (unpaired) electrons. The standard InChI is InChI=1S/C11H14N2O/c1-8-2-3-9(5-12-8)13-6-11-4-10(13)7-14-11/h2-3,5,10-11H,4,6-7H2,1H3/t10-,11-/m1/s1. The quantitative estimate of drug-likeness (QED) is 0.668. The first-order valence-corrected chi connectivity index (χ1v) is 5.14. The molecule has 1 aromatic heterocycles. The molecule has 0 amide bonds. The summed E-state index contributed by atoms with van der Waals surface area (Å²) in [5, 5.41) is 0. The Morgan fingerprint density at radius 1 is 1.50 bits per heavy atom. The van der Waals surface area contributed by atoms with Gasteiger partial charge in [0.1, 0.15) is 0 Å². The first-order chi connectivity index (χ1) is 6.83. The van der Waals surface area contributed by atoms with Crippen molar-refractivity contribution in [3.63, 3.8) is 0 Å². The monoisotopic (exact) mass is 190 g/mol. The van der Waals surface area contributed by atoms with E-state index in [2.05, 4.69) is 22.0 Å². The van der Waals surface area contributed by atoms with E-state index in [1.54, 1.807) is 0 Å². The number of hydrogen-bond donors (Lipinski definition) is 0. The summed E-state index contributed by atoms with van der Waals surface area (Å²) < 4.78 is 5.57. The molecule has 3 rings (SSSR count). The summed E-state index contributed by atoms with van der Waals surface area (Å²) in [5.74, 6) is 0. The van der Waals surface area contributed by atoms with Crippen molar-refractivity contribution in [1.82, 2.24) is 4.98 Å². The fourth-order valence-electron chi connectivity index (χ4n) is 2.35. The minimum Gasteiger partial charge on any atom is -0.374 e. The number of fused-ring (bicyclic) bond motifs is 2. The first-order valence-electron chi connectivity index (χ1n) is 5.14. The Hall–Kier alpha value is -1.09. The van der Waals surface area contributed by atoms with Gasteiger partial charge in [-0.2, -0.15) is 0 Å². The van der Waals surface area contributed by atoms with Crippen LogP contribution in [0, 0.1) is 6.92 Å². The molecule has 3 heterocycles. The fourth-order valence-corrected chi connectivity index (χ4v) is 2.35. The van der Waals surface area contributed by atoms with E-state index in [1.807, 2.05) is 13.1 Å². The predicted molar refractivity (Wildman–Crippen MR) is 54.5 cm³/mol. The number of nitrogens with zero attached hydrogens (tertiary/aromatic N) is 2. The van der Waals surface area contributed by atoms with Crippen LogP contribution in [-0.2, 0) is 4.74 Å². The molecule has 0 spiro atoms. The number of hydrogen-bond acceptors (Lipinski definition) is 3. The van der Waals surface area contributed by atoms with Crippen molar-refractivity contribution in [2.24, 2.45) is 0 Å². The molecule has 2 aliphatic heterocycles. The van der Waals surface area contributed by atoms with Crippen molar-refractivity contribution in [3.8, 4) is 0 Å². The highest BCUT2D eigenvalue weighted by molar-refractivity contribution is 5.47. The van der Waals surface area contributed by atoms with Gasteiger partial charge in [-0.1, -0.05) is 0 Å². The highest BCUT2D eigenvalue weighted by Gasteiger charge is 2.38. The molecule has 3 nitrogen and oxygen atoms in total. The molecule has 0 saturated carbocycles. The van der Waals surface area contributed by atoms with Crippen LogP contribution in [0.4, 0.5) is 5.69 Å². The van der Waals surface area contributed by atoms with Crippen LogP contribution in [0.5, 0.6) is 0 Å². The zero-order valence-corrected chi connectivity index (χ0v) is 8.31. The van der Waals surface area contributed by atoms with E-state index in [0.717, 1.165) is 18.8 Å². The van der Waals surface area contributed by atoms with Gasteiger partial charge in [0.05, 0.1) is 30.6 Å². The molecular formula is C11H14N2O.